The van der Waals surface area contributed by atoms with E-state index in [1.807, 2.05) is 60.7 Å². The standard InChI is InChI=1S/C24H25NO5/c1-4-29-22(27)24(25-16(3)26,23(28)30-5-2)21-19-12-8-6-10-17(19)14-15-18-11-7-9-13-20(18)21/h6-15,21H,4-5H2,1-3H3,(H,25,26). The first-order chi connectivity index (χ1) is 14.5. The fraction of sp³-hybridized carbons (Fsp3) is 0.292. The number of esters is 2. The molecular weight excluding hydrogens is 382 g/mol. The van der Waals surface area contributed by atoms with Gasteiger partial charge in [-0.3, -0.25) is 4.79 Å². The average Bonchev–Trinajstić information content (AvgIpc) is 2.89. The predicted octanol–water partition coefficient (Wildman–Crippen LogP) is 3.30. The molecule has 0 heterocycles. The van der Waals surface area contributed by atoms with Crippen molar-refractivity contribution in [2.24, 2.45) is 0 Å². The normalized spacial score (nSPS) is 12.9. The zero-order valence-corrected chi connectivity index (χ0v) is 17.3. The molecule has 3 rings (SSSR count). The monoisotopic (exact) mass is 407 g/mol. The van der Waals surface area contributed by atoms with Gasteiger partial charge in [-0.15, -0.1) is 0 Å². The van der Waals surface area contributed by atoms with Crippen LogP contribution >= 0.6 is 0 Å². The van der Waals surface area contributed by atoms with Crippen molar-refractivity contribution in [2.45, 2.75) is 32.2 Å². The van der Waals surface area contributed by atoms with Crippen molar-refractivity contribution < 1.29 is 23.9 Å². The third kappa shape index (κ3) is 3.73. The van der Waals surface area contributed by atoms with Crippen molar-refractivity contribution in [3.63, 3.8) is 0 Å². The number of carbonyl (C=O) groups is 3. The summed E-state index contributed by atoms with van der Waals surface area (Å²) in [6.07, 6.45) is 3.87. The summed E-state index contributed by atoms with van der Waals surface area (Å²) >= 11 is 0. The number of fused-ring (bicyclic) bond motifs is 2. The van der Waals surface area contributed by atoms with Crippen LogP contribution in [0.3, 0.4) is 0 Å². The molecule has 1 amide bonds. The van der Waals surface area contributed by atoms with Crippen LogP contribution in [0.25, 0.3) is 12.2 Å². The molecule has 6 nitrogen and oxygen atoms in total. The Labute approximate surface area is 175 Å². The highest BCUT2D eigenvalue weighted by molar-refractivity contribution is 6.10. The third-order valence-electron chi connectivity index (χ3n) is 5.06. The molecule has 0 bridgehead atoms. The number of amides is 1. The van der Waals surface area contributed by atoms with Crippen molar-refractivity contribution in [1.29, 1.82) is 0 Å². The Balaban J connectivity index is 2.39. The Morgan fingerprint density at radius 3 is 1.67 bits per heavy atom. The lowest BCUT2D eigenvalue weighted by Crippen LogP contribution is -2.65. The molecule has 0 fully saturated rings. The van der Waals surface area contributed by atoms with E-state index in [-0.39, 0.29) is 13.2 Å². The van der Waals surface area contributed by atoms with Crippen LogP contribution in [0.15, 0.2) is 48.5 Å². The highest BCUT2D eigenvalue weighted by Crippen LogP contribution is 2.42. The van der Waals surface area contributed by atoms with E-state index in [1.54, 1.807) is 13.8 Å². The molecule has 2 aromatic carbocycles. The number of carbonyl (C=O) groups excluding carboxylic acids is 3. The van der Waals surface area contributed by atoms with E-state index in [1.165, 1.54) is 6.92 Å². The summed E-state index contributed by atoms with van der Waals surface area (Å²) in [5.74, 6) is -3.09. The van der Waals surface area contributed by atoms with E-state index in [4.69, 9.17) is 9.47 Å². The van der Waals surface area contributed by atoms with Crippen molar-refractivity contribution in [3.05, 3.63) is 70.8 Å². The van der Waals surface area contributed by atoms with E-state index in [0.717, 1.165) is 11.1 Å². The maximum absolute atomic E-state index is 13.4. The second-order valence-corrected chi connectivity index (χ2v) is 6.95. The van der Waals surface area contributed by atoms with Crippen LogP contribution in [0.2, 0.25) is 0 Å². The fourth-order valence-corrected chi connectivity index (χ4v) is 3.93. The second-order valence-electron chi connectivity index (χ2n) is 6.95. The summed E-state index contributed by atoms with van der Waals surface area (Å²) in [6.45, 7) is 4.66. The first-order valence-corrected chi connectivity index (χ1v) is 9.94. The minimum atomic E-state index is -2.07. The Bertz CT molecular complexity index is 927. The Morgan fingerprint density at radius 1 is 0.833 bits per heavy atom. The van der Waals surface area contributed by atoms with Gasteiger partial charge in [0, 0.05) is 6.92 Å². The van der Waals surface area contributed by atoms with Gasteiger partial charge in [0.15, 0.2) is 0 Å². The van der Waals surface area contributed by atoms with Gasteiger partial charge >= 0.3 is 11.9 Å². The average molecular weight is 407 g/mol. The molecule has 0 aliphatic heterocycles. The minimum Gasteiger partial charge on any atom is -0.464 e. The van der Waals surface area contributed by atoms with Crippen LogP contribution in [-0.4, -0.2) is 36.6 Å². The van der Waals surface area contributed by atoms with Crippen molar-refractivity contribution >= 4 is 30.0 Å². The van der Waals surface area contributed by atoms with Crippen LogP contribution < -0.4 is 5.32 Å². The SMILES string of the molecule is CCOC(=O)C(NC(C)=O)(C(=O)OCC)C1c2ccccc2C=Cc2ccccc21. The van der Waals surface area contributed by atoms with Crippen LogP contribution in [-0.2, 0) is 23.9 Å². The van der Waals surface area contributed by atoms with Crippen LogP contribution in [0.5, 0.6) is 0 Å². The van der Waals surface area contributed by atoms with Gasteiger partial charge in [0.2, 0.25) is 11.4 Å². The largest absolute Gasteiger partial charge is 0.464 e. The highest BCUT2D eigenvalue weighted by atomic mass is 16.6. The summed E-state index contributed by atoms with van der Waals surface area (Å²) in [5, 5.41) is 2.63. The summed E-state index contributed by atoms with van der Waals surface area (Å²) in [6, 6.07) is 14.9. The van der Waals surface area contributed by atoms with Gasteiger partial charge in [0.05, 0.1) is 19.1 Å². The lowest BCUT2D eigenvalue weighted by atomic mass is 9.72. The molecule has 0 aromatic heterocycles. The summed E-state index contributed by atoms with van der Waals surface area (Å²) in [5.41, 5.74) is 1.03. The van der Waals surface area contributed by atoms with Gasteiger partial charge in [0.1, 0.15) is 0 Å². The van der Waals surface area contributed by atoms with Crippen molar-refractivity contribution in [1.82, 2.24) is 5.32 Å². The minimum absolute atomic E-state index is 0.0494. The molecule has 1 aliphatic rings. The lowest BCUT2D eigenvalue weighted by Gasteiger charge is -2.38. The van der Waals surface area contributed by atoms with Gasteiger partial charge in [-0.1, -0.05) is 60.7 Å². The van der Waals surface area contributed by atoms with Gasteiger partial charge in [-0.25, -0.2) is 9.59 Å². The molecule has 1 N–H and O–H groups in total. The molecule has 0 saturated carbocycles. The molecule has 0 saturated heterocycles. The Morgan fingerprint density at radius 2 is 1.27 bits per heavy atom. The van der Waals surface area contributed by atoms with Crippen molar-refractivity contribution in [3.8, 4) is 0 Å². The fourth-order valence-electron chi connectivity index (χ4n) is 3.93. The van der Waals surface area contributed by atoms with E-state index in [9.17, 15) is 14.4 Å². The Hall–Kier alpha value is -3.41. The van der Waals surface area contributed by atoms with E-state index in [0.29, 0.717) is 11.1 Å². The molecule has 2 aromatic rings. The van der Waals surface area contributed by atoms with Crippen molar-refractivity contribution in [2.75, 3.05) is 13.2 Å². The summed E-state index contributed by atoms with van der Waals surface area (Å²) in [4.78, 5) is 39.1. The molecule has 156 valence electrons. The van der Waals surface area contributed by atoms with E-state index in [2.05, 4.69) is 5.32 Å². The molecule has 0 unspecified atom stereocenters. The molecule has 6 heteroatoms. The first kappa shape index (κ1) is 21.3. The number of rotatable bonds is 6. The zero-order chi connectivity index (χ0) is 21.7. The second kappa shape index (κ2) is 8.95. The smallest absolute Gasteiger partial charge is 0.344 e. The topological polar surface area (TPSA) is 81.7 Å². The molecule has 30 heavy (non-hydrogen) atoms. The molecule has 0 atom stereocenters. The van der Waals surface area contributed by atoms with Gasteiger partial charge in [-0.05, 0) is 36.1 Å². The lowest BCUT2D eigenvalue weighted by molar-refractivity contribution is -0.169. The summed E-state index contributed by atoms with van der Waals surface area (Å²) in [7, 11) is 0. The summed E-state index contributed by atoms with van der Waals surface area (Å²) < 4.78 is 10.6. The van der Waals surface area contributed by atoms with E-state index < -0.39 is 29.3 Å². The maximum Gasteiger partial charge on any atom is 0.344 e. The van der Waals surface area contributed by atoms with Gasteiger partial charge < -0.3 is 14.8 Å². The number of hydrogen-bond donors (Lipinski definition) is 1. The highest BCUT2D eigenvalue weighted by Gasteiger charge is 2.58. The molecule has 0 radical (unpaired) electrons. The maximum atomic E-state index is 13.4. The number of ether oxygens (including phenoxy) is 2. The zero-order valence-electron chi connectivity index (χ0n) is 17.3. The molecular formula is C24H25NO5. The van der Waals surface area contributed by atoms with Crippen LogP contribution in [0.4, 0.5) is 0 Å². The quantitative estimate of drug-likeness (QED) is 0.587. The molecule has 1 aliphatic carbocycles. The van der Waals surface area contributed by atoms with Crippen LogP contribution in [0.1, 0.15) is 48.9 Å². The number of hydrogen-bond acceptors (Lipinski definition) is 5. The Kier molecular flexibility index (Phi) is 6.35. The van der Waals surface area contributed by atoms with Gasteiger partial charge in [-0.2, -0.15) is 0 Å². The third-order valence-corrected chi connectivity index (χ3v) is 5.06. The van der Waals surface area contributed by atoms with E-state index >= 15 is 0 Å². The predicted molar refractivity (Wildman–Crippen MR) is 113 cm³/mol. The van der Waals surface area contributed by atoms with Gasteiger partial charge in [0.25, 0.3) is 0 Å². The number of nitrogens with one attached hydrogen (secondary N) is 1. The molecule has 0 spiro atoms. The first-order valence-electron chi connectivity index (χ1n) is 9.94. The number of benzene rings is 2. The van der Waals surface area contributed by atoms with Crippen LogP contribution in [0, 0.1) is 0 Å².